The summed E-state index contributed by atoms with van der Waals surface area (Å²) in [7, 11) is 0. The van der Waals surface area contributed by atoms with Crippen LogP contribution in [0.3, 0.4) is 0 Å². The molecule has 1 aromatic rings. The number of piperidine rings is 1. The normalized spacial score (nSPS) is 28.6. The van der Waals surface area contributed by atoms with Gasteiger partial charge in [-0.05, 0) is 12.0 Å². The fraction of sp³-hybridized carbons (Fsp3) is 0.467. The third-order valence-electron chi connectivity index (χ3n) is 4.57. The summed E-state index contributed by atoms with van der Waals surface area (Å²) in [5.74, 6) is -6.07. The topological polar surface area (TPSA) is 66.8 Å². The molecule has 1 heterocycles. The lowest BCUT2D eigenvalue weighted by Gasteiger charge is -2.27. The van der Waals surface area contributed by atoms with Crippen molar-refractivity contribution in [3.05, 3.63) is 35.9 Å². The first-order valence-electron chi connectivity index (χ1n) is 6.96. The number of alkyl halides is 2. The Labute approximate surface area is 125 Å². The number of benzene rings is 1. The Bertz CT molecular complexity index is 607. The Morgan fingerprint density at radius 1 is 1.32 bits per heavy atom. The summed E-state index contributed by atoms with van der Waals surface area (Å²) in [6.45, 7) is -0.264. The first kappa shape index (κ1) is 14.7. The zero-order chi connectivity index (χ0) is 16.0. The predicted molar refractivity (Wildman–Crippen MR) is 71.3 cm³/mol. The lowest BCUT2D eigenvalue weighted by Crippen LogP contribution is -2.41. The molecule has 0 aromatic heterocycles. The van der Waals surface area contributed by atoms with E-state index in [0.717, 1.165) is 10.5 Å². The van der Waals surface area contributed by atoms with Crippen molar-refractivity contribution in [2.24, 2.45) is 11.3 Å². The van der Waals surface area contributed by atoms with Crippen molar-refractivity contribution >= 4 is 12.1 Å². The molecule has 118 valence electrons. The minimum Gasteiger partial charge on any atom is -0.481 e. The molecule has 2 atom stereocenters. The van der Waals surface area contributed by atoms with Crippen molar-refractivity contribution in [1.29, 1.82) is 0 Å². The number of carbonyl (C=O) groups is 2. The van der Waals surface area contributed by atoms with Crippen LogP contribution in [0, 0.1) is 11.3 Å². The molecule has 3 rings (SSSR count). The molecular formula is C15H15F2NO4. The van der Waals surface area contributed by atoms with Gasteiger partial charge in [0.05, 0.1) is 5.92 Å². The van der Waals surface area contributed by atoms with Gasteiger partial charge in [-0.2, -0.15) is 0 Å². The maximum atomic E-state index is 13.7. The summed E-state index contributed by atoms with van der Waals surface area (Å²) in [5.41, 5.74) is -1.20. The van der Waals surface area contributed by atoms with Crippen molar-refractivity contribution < 1.29 is 28.2 Å². The Hall–Kier alpha value is -2.18. The molecular weight excluding hydrogens is 296 g/mol. The fourth-order valence-corrected chi connectivity index (χ4v) is 3.14. The van der Waals surface area contributed by atoms with E-state index < -0.39 is 29.3 Å². The number of nitrogens with zero attached hydrogens (tertiary/aromatic N) is 1. The Morgan fingerprint density at radius 2 is 2.00 bits per heavy atom. The van der Waals surface area contributed by atoms with E-state index in [4.69, 9.17) is 9.84 Å². The van der Waals surface area contributed by atoms with Crippen LogP contribution in [0.15, 0.2) is 30.3 Å². The predicted octanol–water partition coefficient (Wildman–Crippen LogP) is 2.37. The molecule has 0 radical (unpaired) electrons. The second-order valence-corrected chi connectivity index (χ2v) is 5.69. The standard InChI is InChI=1S/C15H15F2NO4/c16-15(17)11-8-18(7-6-14(11,15)12(19)20)13(21)22-9-10-4-2-1-3-5-10/h1-5,11H,6-9H2,(H,19,20)/t11-,14-/m1/s1. The lowest BCUT2D eigenvalue weighted by molar-refractivity contribution is -0.148. The average molecular weight is 311 g/mol. The van der Waals surface area contributed by atoms with Crippen LogP contribution in [0.5, 0.6) is 0 Å². The average Bonchev–Trinajstić information content (AvgIpc) is 3.03. The quantitative estimate of drug-likeness (QED) is 0.930. The van der Waals surface area contributed by atoms with E-state index in [-0.39, 0.29) is 26.1 Å². The Kier molecular flexibility index (Phi) is 3.30. The third kappa shape index (κ3) is 2.03. The SMILES string of the molecule is O=C(OCc1ccccc1)N1CC[C@]2(C(=O)O)[C@@H](C1)C2(F)F. The van der Waals surface area contributed by atoms with Gasteiger partial charge in [0.25, 0.3) is 5.92 Å². The van der Waals surface area contributed by atoms with E-state index in [0.29, 0.717) is 0 Å². The van der Waals surface area contributed by atoms with E-state index in [9.17, 15) is 18.4 Å². The first-order valence-corrected chi connectivity index (χ1v) is 6.96. The van der Waals surface area contributed by atoms with Crippen molar-refractivity contribution in [2.75, 3.05) is 13.1 Å². The fourth-order valence-electron chi connectivity index (χ4n) is 3.14. The van der Waals surface area contributed by atoms with Gasteiger partial charge in [0.2, 0.25) is 0 Å². The zero-order valence-corrected chi connectivity index (χ0v) is 11.7. The van der Waals surface area contributed by atoms with Crippen LogP contribution in [0.1, 0.15) is 12.0 Å². The van der Waals surface area contributed by atoms with E-state index in [1.807, 2.05) is 6.07 Å². The number of carbonyl (C=O) groups excluding carboxylic acids is 1. The van der Waals surface area contributed by atoms with Crippen LogP contribution in [-0.2, 0) is 16.1 Å². The number of rotatable bonds is 3. The molecule has 1 N–H and O–H groups in total. The van der Waals surface area contributed by atoms with Crippen molar-refractivity contribution in [1.82, 2.24) is 4.90 Å². The van der Waals surface area contributed by atoms with Crippen LogP contribution in [0.2, 0.25) is 0 Å². The zero-order valence-electron chi connectivity index (χ0n) is 11.7. The van der Waals surface area contributed by atoms with Crippen LogP contribution in [0.25, 0.3) is 0 Å². The molecule has 1 aliphatic heterocycles. The van der Waals surface area contributed by atoms with Gasteiger partial charge >= 0.3 is 12.1 Å². The van der Waals surface area contributed by atoms with Crippen LogP contribution in [-0.4, -0.2) is 41.1 Å². The second-order valence-electron chi connectivity index (χ2n) is 5.69. The van der Waals surface area contributed by atoms with Gasteiger partial charge < -0.3 is 14.7 Å². The summed E-state index contributed by atoms with van der Waals surface area (Å²) in [4.78, 5) is 24.2. The van der Waals surface area contributed by atoms with Crippen molar-refractivity contribution in [3.8, 4) is 0 Å². The van der Waals surface area contributed by atoms with Crippen molar-refractivity contribution in [3.63, 3.8) is 0 Å². The number of aliphatic carboxylic acids is 1. The highest BCUT2D eigenvalue weighted by Crippen LogP contribution is 2.69. The van der Waals surface area contributed by atoms with E-state index in [1.165, 1.54) is 0 Å². The molecule has 2 fully saturated rings. The molecule has 0 bridgehead atoms. The number of hydrogen-bond acceptors (Lipinski definition) is 3. The Balaban J connectivity index is 1.59. The highest BCUT2D eigenvalue weighted by molar-refractivity contribution is 5.82. The molecule has 7 heteroatoms. The minimum absolute atomic E-state index is 0.0357. The van der Waals surface area contributed by atoms with Crippen LogP contribution < -0.4 is 0 Å². The number of ether oxygens (including phenoxy) is 1. The molecule has 22 heavy (non-hydrogen) atoms. The van der Waals surface area contributed by atoms with Crippen molar-refractivity contribution in [2.45, 2.75) is 19.0 Å². The van der Waals surface area contributed by atoms with E-state index in [1.54, 1.807) is 24.3 Å². The number of fused-ring (bicyclic) bond motifs is 1. The highest BCUT2D eigenvalue weighted by atomic mass is 19.3. The van der Waals surface area contributed by atoms with Gasteiger partial charge in [-0.25, -0.2) is 13.6 Å². The number of amides is 1. The van der Waals surface area contributed by atoms with Crippen LogP contribution >= 0.6 is 0 Å². The number of halogens is 2. The largest absolute Gasteiger partial charge is 0.481 e. The molecule has 0 unspecified atom stereocenters. The molecule has 1 aromatic carbocycles. The van der Waals surface area contributed by atoms with Crippen LogP contribution in [0.4, 0.5) is 13.6 Å². The minimum atomic E-state index is -3.26. The molecule has 1 saturated carbocycles. The number of carboxylic acid groups (broad SMARTS) is 1. The molecule has 2 aliphatic rings. The lowest BCUT2D eigenvalue weighted by atomic mass is 9.95. The summed E-state index contributed by atoms with van der Waals surface area (Å²) in [5, 5.41) is 9.04. The van der Waals surface area contributed by atoms with Gasteiger partial charge in [0.15, 0.2) is 0 Å². The molecule has 1 aliphatic carbocycles. The molecule has 0 spiro atoms. The maximum absolute atomic E-state index is 13.7. The monoisotopic (exact) mass is 311 g/mol. The summed E-state index contributed by atoms with van der Waals surface area (Å²) in [6.07, 6.45) is -0.939. The molecule has 1 amide bonds. The van der Waals surface area contributed by atoms with Gasteiger partial charge in [-0.1, -0.05) is 30.3 Å². The Morgan fingerprint density at radius 3 is 2.59 bits per heavy atom. The van der Waals surface area contributed by atoms with Gasteiger partial charge in [0, 0.05) is 13.1 Å². The highest BCUT2D eigenvalue weighted by Gasteiger charge is 2.86. The number of carboxylic acids is 1. The molecule has 1 saturated heterocycles. The van der Waals surface area contributed by atoms with E-state index >= 15 is 0 Å². The summed E-state index contributed by atoms with van der Waals surface area (Å²) in [6, 6.07) is 9.00. The number of hydrogen-bond donors (Lipinski definition) is 1. The smallest absolute Gasteiger partial charge is 0.410 e. The number of likely N-dealkylation sites (tertiary alicyclic amines) is 1. The summed E-state index contributed by atoms with van der Waals surface area (Å²) >= 11 is 0. The first-order chi connectivity index (χ1) is 10.4. The van der Waals surface area contributed by atoms with E-state index in [2.05, 4.69) is 0 Å². The van der Waals surface area contributed by atoms with Gasteiger partial charge in [0.1, 0.15) is 12.0 Å². The van der Waals surface area contributed by atoms with Gasteiger partial charge in [-0.15, -0.1) is 0 Å². The van der Waals surface area contributed by atoms with Gasteiger partial charge in [-0.3, -0.25) is 4.79 Å². The maximum Gasteiger partial charge on any atom is 0.410 e. The second kappa shape index (κ2) is 4.93. The molecule has 5 nitrogen and oxygen atoms in total. The summed E-state index contributed by atoms with van der Waals surface area (Å²) < 4.78 is 32.6. The third-order valence-corrected chi connectivity index (χ3v) is 4.57.